The summed E-state index contributed by atoms with van der Waals surface area (Å²) >= 11 is 0. The van der Waals surface area contributed by atoms with Crippen molar-refractivity contribution in [1.82, 2.24) is 0 Å². The molecule has 2 nitrogen and oxygen atoms in total. The summed E-state index contributed by atoms with van der Waals surface area (Å²) in [7, 11) is 0. The number of aryl methyl sites for hydroxylation is 1. The largest absolute Gasteiger partial charge is 0.348 e. The van der Waals surface area contributed by atoms with Gasteiger partial charge in [0.05, 0.1) is 13.2 Å². The molecule has 0 bridgehead atoms. The highest BCUT2D eigenvalue weighted by Crippen LogP contribution is 2.39. The SMILES string of the molecule is CCCCCCCc1ccc(C2OCC([C@H]3CC[C@H](CCCCC)CC3)CO2)cc1F. The maximum atomic E-state index is 14.6. The zero-order valence-electron chi connectivity index (χ0n) is 20.0. The van der Waals surface area contributed by atoms with Gasteiger partial charge in [-0.2, -0.15) is 0 Å². The molecule has 0 N–H and O–H groups in total. The topological polar surface area (TPSA) is 18.5 Å². The molecule has 1 saturated heterocycles. The van der Waals surface area contributed by atoms with E-state index in [9.17, 15) is 4.39 Å². The van der Waals surface area contributed by atoms with E-state index in [2.05, 4.69) is 13.8 Å². The first-order valence-electron chi connectivity index (χ1n) is 13.2. The summed E-state index contributed by atoms with van der Waals surface area (Å²) in [5.41, 5.74) is 1.65. The van der Waals surface area contributed by atoms with Gasteiger partial charge in [-0.05, 0) is 49.1 Å². The molecule has 1 saturated carbocycles. The first-order valence-corrected chi connectivity index (χ1v) is 13.2. The second-order valence-electron chi connectivity index (χ2n) is 10.1. The van der Waals surface area contributed by atoms with E-state index in [1.165, 1.54) is 77.0 Å². The Labute approximate surface area is 190 Å². The molecular formula is C28H45FO2. The average molecular weight is 433 g/mol. The summed E-state index contributed by atoms with van der Waals surface area (Å²) in [6, 6.07) is 5.56. The summed E-state index contributed by atoms with van der Waals surface area (Å²) in [6.45, 7) is 5.99. The third-order valence-electron chi connectivity index (χ3n) is 7.60. The first kappa shape index (κ1) is 24.7. The number of hydrogen-bond donors (Lipinski definition) is 0. The minimum absolute atomic E-state index is 0.108. The molecule has 3 rings (SSSR count). The summed E-state index contributed by atoms with van der Waals surface area (Å²) in [5.74, 6) is 2.06. The third-order valence-corrected chi connectivity index (χ3v) is 7.60. The molecule has 3 heteroatoms. The summed E-state index contributed by atoms with van der Waals surface area (Å²) in [6.07, 6.45) is 17.3. The van der Waals surface area contributed by atoms with Gasteiger partial charge in [-0.1, -0.05) is 90.2 Å². The molecule has 2 aliphatic rings. The van der Waals surface area contributed by atoms with Gasteiger partial charge in [0, 0.05) is 11.5 Å². The lowest BCUT2D eigenvalue weighted by molar-refractivity contribution is -0.214. The summed E-state index contributed by atoms with van der Waals surface area (Å²) in [4.78, 5) is 0. The van der Waals surface area contributed by atoms with Gasteiger partial charge in [0.2, 0.25) is 0 Å². The maximum absolute atomic E-state index is 14.6. The molecule has 0 amide bonds. The van der Waals surface area contributed by atoms with Crippen LogP contribution in [0, 0.1) is 23.6 Å². The van der Waals surface area contributed by atoms with Gasteiger partial charge >= 0.3 is 0 Å². The lowest BCUT2D eigenvalue weighted by atomic mass is 9.74. The molecule has 1 aromatic carbocycles. The second-order valence-corrected chi connectivity index (χ2v) is 10.1. The van der Waals surface area contributed by atoms with Crippen molar-refractivity contribution in [2.45, 2.75) is 110 Å². The monoisotopic (exact) mass is 432 g/mol. The summed E-state index contributed by atoms with van der Waals surface area (Å²) < 4.78 is 26.7. The van der Waals surface area contributed by atoms with Crippen LogP contribution < -0.4 is 0 Å². The smallest absolute Gasteiger partial charge is 0.183 e. The Morgan fingerprint density at radius 1 is 0.806 bits per heavy atom. The molecule has 0 atom stereocenters. The number of halogens is 1. The van der Waals surface area contributed by atoms with E-state index in [0.29, 0.717) is 5.92 Å². The van der Waals surface area contributed by atoms with Gasteiger partial charge in [-0.25, -0.2) is 4.39 Å². The van der Waals surface area contributed by atoms with Crippen molar-refractivity contribution in [3.8, 4) is 0 Å². The fraction of sp³-hybridized carbons (Fsp3) is 0.786. The zero-order chi connectivity index (χ0) is 21.9. The van der Waals surface area contributed by atoms with Gasteiger partial charge in [-0.3, -0.25) is 0 Å². The van der Waals surface area contributed by atoms with Crippen molar-refractivity contribution in [2.75, 3.05) is 13.2 Å². The van der Waals surface area contributed by atoms with E-state index < -0.39 is 6.29 Å². The quantitative estimate of drug-likeness (QED) is 0.309. The van der Waals surface area contributed by atoms with Crippen LogP contribution in [0.4, 0.5) is 4.39 Å². The number of ether oxygens (including phenoxy) is 2. The number of rotatable bonds is 12. The molecule has 0 unspecified atom stereocenters. The predicted molar refractivity (Wildman–Crippen MR) is 127 cm³/mol. The van der Waals surface area contributed by atoms with E-state index in [1.807, 2.05) is 12.1 Å². The van der Waals surface area contributed by atoms with Crippen molar-refractivity contribution >= 4 is 0 Å². The van der Waals surface area contributed by atoms with Crippen LogP contribution in [0.1, 0.15) is 115 Å². The fourth-order valence-corrected chi connectivity index (χ4v) is 5.45. The molecular weight excluding hydrogens is 387 g/mol. The van der Waals surface area contributed by atoms with Crippen LogP contribution in [0.25, 0.3) is 0 Å². The van der Waals surface area contributed by atoms with Crippen molar-refractivity contribution in [3.63, 3.8) is 0 Å². The third kappa shape index (κ3) is 7.86. The Balaban J connectivity index is 1.39. The second kappa shape index (κ2) is 13.6. The lowest BCUT2D eigenvalue weighted by Crippen LogP contribution is -2.34. The zero-order valence-corrected chi connectivity index (χ0v) is 20.0. The Bertz CT molecular complexity index is 615. The average Bonchev–Trinajstić information content (AvgIpc) is 2.80. The van der Waals surface area contributed by atoms with Crippen molar-refractivity contribution in [3.05, 3.63) is 35.1 Å². The van der Waals surface area contributed by atoms with E-state index in [4.69, 9.17) is 9.47 Å². The minimum atomic E-state index is -0.408. The Hall–Kier alpha value is -0.930. The number of unbranched alkanes of at least 4 members (excludes halogenated alkanes) is 6. The highest BCUT2D eigenvalue weighted by molar-refractivity contribution is 5.25. The van der Waals surface area contributed by atoms with Crippen LogP contribution in [0.2, 0.25) is 0 Å². The predicted octanol–water partition coefficient (Wildman–Crippen LogP) is 8.39. The van der Waals surface area contributed by atoms with Gasteiger partial charge in [-0.15, -0.1) is 0 Å². The van der Waals surface area contributed by atoms with Gasteiger partial charge in [0.1, 0.15) is 5.82 Å². The fourth-order valence-electron chi connectivity index (χ4n) is 5.45. The maximum Gasteiger partial charge on any atom is 0.183 e. The van der Waals surface area contributed by atoms with E-state index >= 15 is 0 Å². The molecule has 1 aliphatic carbocycles. The molecule has 0 radical (unpaired) electrons. The number of benzene rings is 1. The van der Waals surface area contributed by atoms with Gasteiger partial charge in [0.15, 0.2) is 6.29 Å². The Morgan fingerprint density at radius 2 is 1.48 bits per heavy atom. The minimum Gasteiger partial charge on any atom is -0.348 e. The van der Waals surface area contributed by atoms with Crippen molar-refractivity contribution in [1.29, 1.82) is 0 Å². The molecule has 0 aromatic heterocycles. The molecule has 31 heavy (non-hydrogen) atoms. The number of hydrogen-bond acceptors (Lipinski definition) is 2. The van der Waals surface area contributed by atoms with Crippen LogP contribution in [0.3, 0.4) is 0 Å². The van der Waals surface area contributed by atoms with E-state index in [1.54, 1.807) is 6.07 Å². The van der Waals surface area contributed by atoms with Crippen LogP contribution in [0.15, 0.2) is 18.2 Å². The Kier molecular flexibility index (Phi) is 10.8. The van der Waals surface area contributed by atoms with Crippen LogP contribution >= 0.6 is 0 Å². The van der Waals surface area contributed by atoms with Crippen molar-refractivity contribution in [2.24, 2.45) is 17.8 Å². The molecule has 1 heterocycles. The molecule has 176 valence electrons. The molecule has 0 spiro atoms. The highest BCUT2D eigenvalue weighted by atomic mass is 19.1. The molecule has 2 fully saturated rings. The highest BCUT2D eigenvalue weighted by Gasteiger charge is 2.32. The Morgan fingerprint density at radius 3 is 2.16 bits per heavy atom. The normalized spacial score (nSPS) is 26.8. The van der Waals surface area contributed by atoms with Crippen molar-refractivity contribution < 1.29 is 13.9 Å². The molecule has 1 aliphatic heterocycles. The lowest BCUT2D eigenvalue weighted by Gasteiger charge is -2.38. The van der Waals surface area contributed by atoms with Crippen LogP contribution in [-0.2, 0) is 15.9 Å². The van der Waals surface area contributed by atoms with Gasteiger partial charge in [0.25, 0.3) is 0 Å². The summed E-state index contributed by atoms with van der Waals surface area (Å²) in [5, 5.41) is 0. The van der Waals surface area contributed by atoms with Crippen LogP contribution in [0.5, 0.6) is 0 Å². The first-order chi connectivity index (χ1) is 15.2. The standard InChI is InChI=1S/C28H45FO2/c1-3-5-7-8-10-12-24-17-18-25(19-27(24)29)28-30-20-26(21-31-28)23-15-13-22(14-16-23)11-9-6-4-2/h17-19,22-23,26,28H,3-16,20-21H2,1-2H3/t22-,23-,26?,28?. The van der Waals surface area contributed by atoms with Crippen LogP contribution in [-0.4, -0.2) is 13.2 Å². The molecule has 1 aromatic rings. The van der Waals surface area contributed by atoms with E-state index in [-0.39, 0.29) is 5.82 Å². The van der Waals surface area contributed by atoms with Gasteiger partial charge < -0.3 is 9.47 Å². The van der Waals surface area contributed by atoms with E-state index in [0.717, 1.165) is 49.0 Å².